The summed E-state index contributed by atoms with van der Waals surface area (Å²) in [4.78, 5) is 0. The molecule has 0 amide bonds. The van der Waals surface area contributed by atoms with Gasteiger partial charge < -0.3 is 9.47 Å². The first-order chi connectivity index (χ1) is 11.8. The molecular formula is C22H16O2. The lowest BCUT2D eigenvalue weighted by molar-refractivity contribution is -0.0669. The Morgan fingerprint density at radius 1 is 0.542 bits per heavy atom. The Kier molecular flexibility index (Phi) is 2.66. The lowest BCUT2D eigenvalue weighted by Crippen LogP contribution is -2.31. The van der Waals surface area contributed by atoms with Gasteiger partial charge in [0.25, 0.3) is 5.79 Å². The van der Waals surface area contributed by atoms with E-state index in [1.807, 2.05) is 49.4 Å². The lowest BCUT2D eigenvalue weighted by Gasteiger charge is -2.23. The molecule has 0 saturated heterocycles. The minimum absolute atomic E-state index is 0.809. The molecular weight excluding hydrogens is 296 g/mol. The molecule has 0 radical (unpaired) electrons. The van der Waals surface area contributed by atoms with Crippen molar-refractivity contribution in [3.05, 3.63) is 84.4 Å². The average molecular weight is 312 g/mol. The molecule has 1 aliphatic rings. The lowest BCUT2D eigenvalue weighted by atomic mass is 10.0. The Bertz CT molecular complexity index is 1000. The van der Waals surface area contributed by atoms with E-state index in [1.54, 1.807) is 0 Å². The minimum Gasteiger partial charge on any atom is -0.444 e. The van der Waals surface area contributed by atoms with Crippen LogP contribution in [0, 0.1) is 0 Å². The number of fused-ring (bicyclic) bond motifs is 6. The number of benzene rings is 4. The molecule has 1 aliphatic heterocycles. The highest BCUT2D eigenvalue weighted by Gasteiger charge is 2.40. The predicted octanol–water partition coefficient (Wildman–Crippen LogP) is 5.64. The highest BCUT2D eigenvalue weighted by Crippen LogP contribution is 2.52. The summed E-state index contributed by atoms with van der Waals surface area (Å²) in [6.07, 6.45) is 0. The van der Waals surface area contributed by atoms with E-state index in [4.69, 9.17) is 9.47 Å². The molecule has 0 atom stereocenters. The number of ether oxygens (including phenoxy) is 2. The van der Waals surface area contributed by atoms with Gasteiger partial charge in [-0.15, -0.1) is 0 Å². The zero-order valence-electron chi connectivity index (χ0n) is 13.3. The van der Waals surface area contributed by atoms with Crippen molar-refractivity contribution in [3.8, 4) is 11.5 Å². The maximum atomic E-state index is 6.38. The molecule has 0 aliphatic carbocycles. The third-order valence-corrected chi connectivity index (χ3v) is 4.73. The molecule has 0 fully saturated rings. The van der Waals surface area contributed by atoms with Crippen LogP contribution in [-0.2, 0) is 5.79 Å². The monoisotopic (exact) mass is 312 g/mol. The summed E-state index contributed by atoms with van der Waals surface area (Å²) in [5.74, 6) is 0.850. The summed E-state index contributed by atoms with van der Waals surface area (Å²) in [7, 11) is 0. The van der Waals surface area contributed by atoms with Crippen molar-refractivity contribution in [2.24, 2.45) is 0 Å². The van der Waals surface area contributed by atoms with E-state index in [0.29, 0.717) is 0 Å². The fraction of sp³-hybridized carbons (Fsp3) is 0.0909. The molecule has 4 aromatic carbocycles. The standard InChI is InChI=1S/C22H16O2/c1-22(15-9-3-2-4-10-15)23-20-18-13-7-5-11-16(18)17-12-6-8-14-19(17)21(20)24-22/h2-14H,1H3. The predicted molar refractivity (Wildman–Crippen MR) is 96.5 cm³/mol. The van der Waals surface area contributed by atoms with Gasteiger partial charge in [0.1, 0.15) is 0 Å². The van der Waals surface area contributed by atoms with Crippen LogP contribution in [0.3, 0.4) is 0 Å². The fourth-order valence-corrected chi connectivity index (χ4v) is 3.55. The van der Waals surface area contributed by atoms with E-state index >= 15 is 0 Å². The summed E-state index contributed by atoms with van der Waals surface area (Å²) in [6, 6.07) is 26.8. The largest absolute Gasteiger partial charge is 0.444 e. The van der Waals surface area contributed by atoms with Gasteiger partial charge in [-0.2, -0.15) is 0 Å². The van der Waals surface area contributed by atoms with Crippen LogP contribution in [0.4, 0.5) is 0 Å². The number of hydrogen-bond acceptors (Lipinski definition) is 2. The number of rotatable bonds is 1. The van der Waals surface area contributed by atoms with Gasteiger partial charge in [0.2, 0.25) is 0 Å². The smallest absolute Gasteiger partial charge is 0.275 e. The molecule has 5 rings (SSSR count). The van der Waals surface area contributed by atoms with Crippen LogP contribution in [-0.4, -0.2) is 0 Å². The minimum atomic E-state index is -0.809. The van der Waals surface area contributed by atoms with Crippen LogP contribution in [0.1, 0.15) is 12.5 Å². The van der Waals surface area contributed by atoms with Gasteiger partial charge in [-0.25, -0.2) is 0 Å². The van der Waals surface area contributed by atoms with Crippen LogP contribution in [0.5, 0.6) is 11.5 Å². The van der Waals surface area contributed by atoms with Crippen LogP contribution in [0.15, 0.2) is 78.9 Å². The zero-order valence-corrected chi connectivity index (χ0v) is 13.3. The average Bonchev–Trinajstić information content (AvgIpc) is 3.02. The van der Waals surface area contributed by atoms with Crippen LogP contribution in [0.2, 0.25) is 0 Å². The number of hydrogen-bond donors (Lipinski definition) is 0. The van der Waals surface area contributed by atoms with Crippen molar-refractivity contribution >= 4 is 21.5 Å². The Hall–Kier alpha value is -3.00. The molecule has 0 saturated carbocycles. The van der Waals surface area contributed by atoms with Gasteiger partial charge in [-0.3, -0.25) is 0 Å². The maximum Gasteiger partial charge on any atom is 0.275 e. The molecule has 4 aromatic rings. The van der Waals surface area contributed by atoms with Gasteiger partial charge in [-0.1, -0.05) is 78.9 Å². The maximum absolute atomic E-state index is 6.38. The molecule has 0 aromatic heterocycles. The van der Waals surface area contributed by atoms with Gasteiger partial charge in [-0.05, 0) is 10.8 Å². The molecule has 24 heavy (non-hydrogen) atoms. The quantitative estimate of drug-likeness (QED) is 0.424. The zero-order chi connectivity index (χ0) is 16.1. The first-order valence-electron chi connectivity index (χ1n) is 8.13. The van der Waals surface area contributed by atoms with E-state index in [9.17, 15) is 0 Å². The second-order valence-electron chi connectivity index (χ2n) is 6.27. The van der Waals surface area contributed by atoms with Crippen LogP contribution < -0.4 is 9.47 Å². The molecule has 0 spiro atoms. The van der Waals surface area contributed by atoms with Crippen molar-refractivity contribution in [2.45, 2.75) is 12.7 Å². The van der Waals surface area contributed by atoms with Crippen LogP contribution >= 0.6 is 0 Å². The normalized spacial score (nSPS) is 15.0. The Balaban J connectivity index is 1.83. The van der Waals surface area contributed by atoms with Crippen LogP contribution in [0.25, 0.3) is 21.5 Å². The Morgan fingerprint density at radius 2 is 0.958 bits per heavy atom. The summed E-state index contributed by atoms with van der Waals surface area (Å²) in [5.41, 5.74) is 1.01. The molecule has 2 nitrogen and oxygen atoms in total. The van der Waals surface area contributed by atoms with E-state index < -0.39 is 5.79 Å². The van der Waals surface area contributed by atoms with E-state index in [0.717, 1.165) is 27.8 Å². The molecule has 2 heteroatoms. The second-order valence-corrected chi connectivity index (χ2v) is 6.27. The first kappa shape index (κ1) is 13.4. The van der Waals surface area contributed by atoms with Gasteiger partial charge >= 0.3 is 0 Å². The Morgan fingerprint density at radius 3 is 1.46 bits per heavy atom. The topological polar surface area (TPSA) is 18.5 Å². The van der Waals surface area contributed by atoms with Gasteiger partial charge in [0.05, 0.1) is 0 Å². The summed E-state index contributed by atoms with van der Waals surface area (Å²) in [6.45, 7) is 1.98. The van der Waals surface area contributed by atoms with Crippen molar-refractivity contribution in [1.29, 1.82) is 0 Å². The molecule has 0 unspecified atom stereocenters. The Labute approximate surface area is 140 Å². The van der Waals surface area contributed by atoms with E-state index in [2.05, 4.69) is 36.4 Å². The summed E-state index contributed by atoms with van der Waals surface area (Å²) >= 11 is 0. The third-order valence-electron chi connectivity index (χ3n) is 4.73. The van der Waals surface area contributed by atoms with Crippen molar-refractivity contribution in [3.63, 3.8) is 0 Å². The fourth-order valence-electron chi connectivity index (χ4n) is 3.55. The highest BCUT2D eigenvalue weighted by atomic mass is 16.7. The summed E-state index contributed by atoms with van der Waals surface area (Å²) in [5, 5.41) is 4.55. The van der Waals surface area contributed by atoms with E-state index in [1.165, 1.54) is 10.8 Å². The van der Waals surface area contributed by atoms with Gasteiger partial charge in [0, 0.05) is 23.3 Å². The van der Waals surface area contributed by atoms with E-state index in [-0.39, 0.29) is 0 Å². The molecule has 116 valence electrons. The van der Waals surface area contributed by atoms with Crippen molar-refractivity contribution < 1.29 is 9.47 Å². The third kappa shape index (κ3) is 1.77. The van der Waals surface area contributed by atoms with Gasteiger partial charge in [0.15, 0.2) is 11.5 Å². The molecule has 1 heterocycles. The summed E-state index contributed by atoms with van der Waals surface area (Å²) < 4.78 is 12.8. The molecule has 0 N–H and O–H groups in total. The highest BCUT2D eigenvalue weighted by molar-refractivity contribution is 6.14. The van der Waals surface area contributed by atoms with Crippen molar-refractivity contribution in [2.75, 3.05) is 0 Å². The SMILES string of the molecule is CC1(c2ccccc2)Oc2c(c3ccccc3c3ccccc23)O1. The van der Waals surface area contributed by atoms with Crippen molar-refractivity contribution in [1.82, 2.24) is 0 Å². The second kappa shape index (κ2) is 4.75. The first-order valence-corrected chi connectivity index (χ1v) is 8.13. The molecule has 0 bridgehead atoms.